The summed E-state index contributed by atoms with van der Waals surface area (Å²) in [4.78, 5) is 0. The second-order valence-electron chi connectivity index (χ2n) is 3.01. The van der Waals surface area contributed by atoms with Crippen LogP contribution in [-0.4, -0.2) is 16.8 Å². The number of nitrogens with two attached hydrogens (primary N) is 1. The molecule has 4 N–H and O–H groups in total. The maximum Gasteiger partial charge on any atom is 0.149 e. The van der Waals surface area contributed by atoms with Crippen molar-refractivity contribution in [1.82, 2.24) is 0 Å². The van der Waals surface area contributed by atoms with Gasteiger partial charge in [0.05, 0.1) is 16.1 Å². The van der Waals surface area contributed by atoms with Gasteiger partial charge in [0, 0.05) is 6.07 Å². The molecule has 0 spiro atoms. The first-order chi connectivity index (χ1) is 6.99. The molecule has 0 saturated heterocycles. The number of hydrogen-bond acceptors (Lipinski definition) is 3. The van der Waals surface area contributed by atoms with Gasteiger partial charge in [0.2, 0.25) is 0 Å². The lowest BCUT2D eigenvalue weighted by Gasteiger charge is -2.13. The highest BCUT2D eigenvalue weighted by Crippen LogP contribution is 2.34. The Balaban J connectivity index is 3.23. The minimum atomic E-state index is -1.24. The van der Waals surface area contributed by atoms with E-state index in [9.17, 15) is 19.0 Å². The van der Waals surface area contributed by atoms with Crippen molar-refractivity contribution >= 4 is 15.9 Å². The van der Waals surface area contributed by atoms with Crippen LogP contribution in [0.4, 0.5) is 8.78 Å². The number of phenols is 1. The molecule has 0 heterocycles. The van der Waals surface area contributed by atoms with Crippen LogP contribution in [0.2, 0.25) is 0 Å². The van der Waals surface area contributed by atoms with Crippen LogP contribution >= 0.6 is 15.9 Å². The van der Waals surface area contributed by atoms with Crippen LogP contribution in [-0.2, 0) is 0 Å². The minimum Gasteiger partial charge on any atom is -0.507 e. The van der Waals surface area contributed by atoms with Crippen molar-refractivity contribution in [1.29, 1.82) is 0 Å². The quantitative estimate of drug-likeness (QED) is 0.741. The lowest BCUT2D eigenvalue weighted by atomic mass is 10.0. The summed E-state index contributed by atoms with van der Waals surface area (Å²) in [6, 6.07) is 0.738. The Bertz CT molecular complexity index is 374. The van der Waals surface area contributed by atoms with E-state index in [4.69, 9.17) is 5.73 Å². The Hall–Kier alpha value is -0.720. The van der Waals surface area contributed by atoms with E-state index in [0.29, 0.717) is 0 Å². The Kier molecular flexibility index (Phi) is 4.01. The van der Waals surface area contributed by atoms with Gasteiger partial charge in [-0.25, -0.2) is 8.78 Å². The maximum absolute atomic E-state index is 13.4. The predicted molar refractivity (Wildman–Crippen MR) is 54.4 cm³/mol. The van der Waals surface area contributed by atoms with Gasteiger partial charge in [0.1, 0.15) is 17.4 Å². The fourth-order valence-corrected chi connectivity index (χ4v) is 1.54. The molecule has 84 valence electrons. The van der Waals surface area contributed by atoms with Crippen molar-refractivity contribution in [3.8, 4) is 5.75 Å². The molecule has 0 aliphatic carbocycles. The Labute approximate surface area is 93.7 Å². The highest BCUT2D eigenvalue weighted by molar-refractivity contribution is 9.10. The largest absolute Gasteiger partial charge is 0.507 e. The van der Waals surface area contributed by atoms with Crippen LogP contribution in [0, 0.1) is 11.6 Å². The van der Waals surface area contributed by atoms with Crippen molar-refractivity contribution in [2.24, 2.45) is 5.73 Å². The number of hydrogen-bond donors (Lipinski definition) is 3. The smallest absolute Gasteiger partial charge is 0.149 e. The number of halogens is 3. The number of benzene rings is 1. The summed E-state index contributed by atoms with van der Waals surface area (Å²) >= 11 is 2.68. The Morgan fingerprint density at radius 3 is 2.60 bits per heavy atom. The molecule has 15 heavy (non-hydrogen) atoms. The zero-order valence-electron chi connectivity index (χ0n) is 7.67. The van der Waals surface area contributed by atoms with Crippen LogP contribution in [0.5, 0.6) is 5.75 Å². The maximum atomic E-state index is 13.4. The lowest BCUT2D eigenvalue weighted by molar-refractivity contribution is 0.161. The molecule has 0 amide bonds. The molecule has 6 heteroatoms. The zero-order chi connectivity index (χ0) is 11.6. The van der Waals surface area contributed by atoms with E-state index in [1.54, 1.807) is 0 Å². The lowest BCUT2D eigenvalue weighted by Crippen LogP contribution is -2.09. The standard InChI is InChI=1S/C9H10BrF2NO2/c10-8-4(11)3-6(15)7(9(8)12)5(14)1-2-13/h3,5,14-15H,1-2,13H2. The molecular weight excluding hydrogens is 272 g/mol. The van der Waals surface area contributed by atoms with Crippen molar-refractivity contribution < 1.29 is 19.0 Å². The van der Waals surface area contributed by atoms with Gasteiger partial charge in [-0.15, -0.1) is 0 Å². The van der Waals surface area contributed by atoms with Crippen LogP contribution in [0.3, 0.4) is 0 Å². The molecule has 0 fully saturated rings. The molecule has 1 aromatic rings. The van der Waals surface area contributed by atoms with E-state index in [1.165, 1.54) is 0 Å². The molecule has 0 aliphatic rings. The molecule has 0 saturated carbocycles. The number of aliphatic hydroxyl groups excluding tert-OH is 1. The molecular formula is C9H10BrF2NO2. The number of phenolic OH excluding ortho intramolecular Hbond substituents is 1. The van der Waals surface area contributed by atoms with Gasteiger partial charge in [-0.1, -0.05) is 0 Å². The normalized spacial score (nSPS) is 12.9. The first kappa shape index (κ1) is 12.4. The fourth-order valence-electron chi connectivity index (χ4n) is 1.22. The molecule has 0 radical (unpaired) electrons. The van der Waals surface area contributed by atoms with Gasteiger partial charge in [0.25, 0.3) is 0 Å². The number of aliphatic hydroxyl groups is 1. The van der Waals surface area contributed by atoms with Crippen LogP contribution < -0.4 is 5.73 Å². The summed E-state index contributed by atoms with van der Waals surface area (Å²) in [5.41, 5.74) is 4.85. The van der Waals surface area contributed by atoms with Gasteiger partial charge in [-0.3, -0.25) is 0 Å². The minimum absolute atomic E-state index is 0.0859. The molecule has 3 nitrogen and oxygen atoms in total. The summed E-state index contributed by atoms with van der Waals surface area (Å²) in [7, 11) is 0. The number of rotatable bonds is 3. The van der Waals surface area contributed by atoms with E-state index in [0.717, 1.165) is 6.07 Å². The highest BCUT2D eigenvalue weighted by atomic mass is 79.9. The van der Waals surface area contributed by atoms with E-state index < -0.39 is 28.0 Å². The summed E-state index contributed by atoms with van der Waals surface area (Å²) in [6.45, 7) is 0.134. The zero-order valence-corrected chi connectivity index (χ0v) is 9.26. The summed E-state index contributed by atoms with van der Waals surface area (Å²) in [5.74, 6) is -2.55. The third-order valence-corrected chi connectivity index (χ3v) is 2.68. The third kappa shape index (κ3) is 2.45. The topological polar surface area (TPSA) is 66.5 Å². The highest BCUT2D eigenvalue weighted by Gasteiger charge is 2.22. The van der Waals surface area contributed by atoms with Crippen molar-refractivity contribution in [3.05, 3.63) is 27.7 Å². The molecule has 1 atom stereocenters. The average molecular weight is 282 g/mol. The molecule has 1 unspecified atom stereocenters. The van der Waals surface area contributed by atoms with Crippen molar-refractivity contribution in [3.63, 3.8) is 0 Å². The monoisotopic (exact) mass is 281 g/mol. The van der Waals surface area contributed by atoms with Gasteiger partial charge in [-0.2, -0.15) is 0 Å². The molecule has 1 rings (SSSR count). The molecule has 1 aromatic carbocycles. The SMILES string of the molecule is NCCC(O)c1c(O)cc(F)c(Br)c1F. The third-order valence-electron chi connectivity index (χ3n) is 1.95. The van der Waals surface area contributed by atoms with E-state index in [2.05, 4.69) is 15.9 Å². The summed E-state index contributed by atoms with van der Waals surface area (Å²) < 4.78 is 26.0. The Morgan fingerprint density at radius 2 is 2.07 bits per heavy atom. The number of aromatic hydroxyl groups is 1. The predicted octanol–water partition coefficient (Wildman–Crippen LogP) is 1.82. The van der Waals surface area contributed by atoms with Gasteiger partial charge < -0.3 is 15.9 Å². The van der Waals surface area contributed by atoms with Gasteiger partial charge >= 0.3 is 0 Å². The Morgan fingerprint density at radius 1 is 1.47 bits per heavy atom. The van der Waals surface area contributed by atoms with Gasteiger partial charge in [-0.05, 0) is 28.9 Å². The summed E-state index contributed by atoms with van der Waals surface area (Å²) in [6.07, 6.45) is -1.16. The van der Waals surface area contributed by atoms with Crippen molar-refractivity contribution in [2.75, 3.05) is 6.54 Å². The van der Waals surface area contributed by atoms with E-state index >= 15 is 0 Å². The van der Waals surface area contributed by atoms with E-state index in [-0.39, 0.29) is 18.5 Å². The first-order valence-electron chi connectivity index (χ1n) is 4.23. The van der Waals surface area contributed by atoms with Crippen LogP contribution in [0.15, 0.2) is 10.5 Å². The average Bonchev–Trinajstić information content (AvgIpc) is 2.15. The van der Waals surface area contributed by atoms with Crippen molar-refractivity contribution in [2.45, 2.75) is 12.5 Å². The molecule has 0 aliphatic heterocycles. The van der Waals surface area contributed by atoms with Crippen LogP contribution in [0.25, 0.3) is 0 Å². The van der Waals surface area contributed by atoms with E-state index in [1.807, 2.05) is 0 Å². The molecule has 0 aromatic heterocycles. The molecule has 0 bridgehead atoms. The second kappa shape index (κ2) is 4.87. The summed E-state index contributed by atoms with van der Waals surface area (Å²) in [5, 5.41) is 18.8. The van der Waals surface area contributed by atoms with Gasteiger partial charge in [0.15, 0.2) is 0 Å². The van der Waals surface area contributed by atoms with Crippen LogP contribution in [0.1, 0.15) is 18.1 Å². The fraction of sp³-hybridized carbons (Fsp3) is 0.333. The second-order valence-corrected chi connectivity index (χ2v) is 3.81. The first-order valence-corrected chi connectivity index (χ1v) is 5.02.